The molecule has 14 heavy (non-hydrogen) atoms. The van der Waals surface area contributed by atoms with Crippen molar-refractivity contribution in [2.45, 2.75) is 13.3 Å². The number of rotatable bonds is 4. The van der Waals surface area contributed by atoms with Crippen LogP contribution in [0.25, 0.3) is 0 Å². The maximum atomic E-state index is 10.7. The Morgan fingerprint density at radius 1 is 1.36 bits per heavy atom. The van der Waals surface area contributed by atoms with Gasteiger partial charge in [0, 0.05) is 6.54 Å². The molecule has 0 aliphatic heterocycles. The van der Waals surface area contributed by atoms with Gasteiger partial charge in [0.15, 0.2) is 0 Å². The van der Waals surface area contributed by atoms with Gasteiger partial charge in [-0.25, -0.2) is 0 Å². The quantitative estimate of drug-likeness (QED) is 0.737. The third-order valence-corrected chi connectivity index (χ3v) is 2.00. The Balaban J connectivity index is 2.31. The van der Waals surface area contributed by atoms with Crippen LogP contribution >= 0.6 is 0 Å². The van der Waals surface area contributed by atoms with Crippen molar-refractivity contribution in [2.24, 2.45) is 0 Å². The first-order chi connectivity index (χ1) is 6.72. The summed E-state index contributed by atoms with van der Waals surface area (Å²) in [6.45, 7) is 2.17. The minimum atomic E-state index is -0.437. The van der Waals surface area contributed by atoms with Crippen molar-refractivity contribution < 1.29 is 9.90 Å². The van der Waals surface area contributed by atoms with E-state index in [1.165, 1.54) is 11.1 Å². The number of aliphatic hydroxyl groups excluding tert-OH is 1. The Kier molecular flexibility index (Phi) is 4.13. The van der Waals surface area contributed by atoms with Crippen LogP contribution in [0.1, 0.15) is 11.1 Å². The largest absolute Gasteiger partial charge is 0.387 e. The van der Waals surface area contributed by atoms with Gasteiger partial charge in [0.2, 0.25) is 5.91 Å². The van der Waals surface area contributed by atoms with Gasteiger partial charge in [-0.15, -0.1) is 0 Å². The molecule has 0 aliphatic carbocycles. The lowest BCUT2D eigenvalue weighted by atomic mass is 10.1. The van der Waals surface area contributed by atoms with Crippen molar-refractivity contribution in [1.29, 1.82) is 0 Å². The van der Waals surface area contributed by atoms with Gasteiger partial charge in [-0.2, -0.15) is 0 Å². The maximum Gasteiger partial charge on any atom is 0.245 e. The van der Waals surface area contributed by atoms with Crippen molar-refractivity contribution in [1.82, 2.24) is 5.32 Å². The zero-order valence-electron chi connectivity index (χ0n) is 8.29. The van der Waals surface area contributed by atoms with Crippen molar-refractivity contribution >= 4 is 5.91 Å². The second kappa shape index (κ2) is 5.40. The van der Waals surface area contributed by atoms with E-state index in [-0.39, 0.29) is 5.91 Å². The van der Waals surface area contributed by atoms with Crippen LogP contribution < -0.4 is 5.32 Å². The highest BCUT2D eigenvalue weighted by Gasteiger charge is 1.97. The molecule has 76 valence electrons. The molecular weight excluding hydrogens is 178 g/mol. The maximum absolute atomic E-state index is 10.7. The lowest BCUT2D eigenvalue weighted by molar-refractivity contribution is -0.123. The molecule has 3 nitrogen and oxygen atoms in total. The molecule has 1 aromatic carbocycles. The van der Waals surface area contributed by atoms with Crippen molar-refractivity contribution in [3.8, 4) is 0 Å². The van der Waals surface area contributed by atoms with E-state index in [0.29, 0.717) is 6.54 Å². The summed E-state index contributed by atoms with van der Waals surface area (Å²) in [4.78, 5) is 10.7. The van der Waals surface area contributed by atoms with Crippen LogP contribution in [-0.2, 0) is 11.2 Å². The summed E-state index contributed by atoms with van der Waals surface area (Å²) >= 11 is 0. The molecule has 0 atom stereocenters. The van der Waals surface area contributed by atoms with Gasteiger partial charge >= 0.3 is 0 Å². The number of hydrogen-bond donors (Lipinski definition) is 2. The third kappa shape index (κ3) is 3.58. The minimum absolute atomic E-state index is 0.322. The first-order valence-corrected chi connectivity index (χ1v) is 4.65. The Morgan fingerprint density at radius 2 is 2.00 bits per heavy atom. The predicted molar refractivity (Wildman–Crippen MR) is 55.0 cm³/mol. The Bertz CT molecular complexity index is 293. The fraction of sp³-hybridized carbons (Fsp3) is 0.364. The fourth-order valence-electron chi connectivity index (χ4n) is 1.16. The van der Waals surface area contributed by atoms with E-state index in [1.54, 1.807) is 0 Å². The van der Waals surface area contributed by atoms with E-state index >= 15 is 0 Å². The normalized spacial score (nSPS) is 9.86. The number of carbonyl (C=O) groups excluding carboxylic acids is 1. The van der Waals surface area contributed by atoms with E-state index in [2.05, 4.69) is 5.32 Å². The molecule has 0 bridgehead atoms. The SMILES string of the molecule is Cc1ccc(CCNC(=O)CO)cc1. The molecule has 1 rings (SSSR count). The van der Waals surface area contributed by atoms with Crippen molar-refractivity contribution in [2.75, 3.05) is 13.2 Å². The van der Waals surface area contributed by atoms with Gasteiger partial charge in [0.05, 0.1) is 0 Å². The molecule has 3 heteroatoms. The first kappa shape index (κ1) is 10.7. The fourth-order valence-corrected chi connectivity index (χ4v) is 1.16. The van der Waals surface area contributed by atoms with Gasteiger partial charge in [0.1, 0.15) is 6.61 Å². The molecular formula is C11H15NO2. The first-order valence-electron chi connectivity index (χ1n) is 4.65. The smallest absolute Gasteiger partial charge is 0.245 e. The highest BCUT2D eigenvalue weighted by atomic mass is 16.3. The summed E-state index contributed by atoms with van der Waals surface area (Å²) in [5.41, 5.74) is 2.42. The average Bonchev–Trinajstić information content (AvgIpc) is 2.21. The molecule has 0 fully saturated rings. The van der Waals surface area contributed by atoms with Crippen molar-refractivity contribution in [3.63, 3.8) is 0 Å². The molecule has 0 spiro atoms. The van der Waals surface area contributed by atoms with E-state index < -0.39 is 6.61 Å². The van der Waals surface area contributed by atoms with Crippen LogP contribution in [0.5, 0.6) is 0 Å². The van der Waals surface area contributed by atoms with Crippen LogP contribution in [-0.4, -0.2) is 24.2 Å². The second-order valence-corrected chi connectivity index (χ2v) is 3.24. The average molecular weight is 193 g/mol. The highest BCUT2D eigenvalue weighted by Crippen LogP contribution is 2.02. The van der Waals surface area contributed by atoms with E-state index in [1.807, 2.05) is 31.2 Å². The number of hydrogen-bond acceptors (Lipinski definition) is 2. The van der Waals surface area contributed by atoms with Crippen LogP contribution in [0.2, 0.25) is 0 Å². The molecule has 0 saturated carbocycles. The van der Waals surface area contributed by atoms with Crippen molar-refractivity contribution in [3.05, 3.63) is 35.4 Å². The summed E-state index contributed by atoms with van der Waals surface area (Å²) in [5, 5.41) is 11.1. The topological polar surface area (TPSA) is 49.3 Å². The van der Waals surface area contributed by atoms with E-state index in [9.17, 15) is 4.79 Å². The predicted octanol–water partition coefficient (Wildman–Crippen LogP) is 0.646. The number of benzene rings is 1. The molecule has 1 aromatic rings. The minimum Gasteiger partial charge on any atom is -0.387 e. The van der Waals surface area contributed by atoms with E-state index in [0.717, 1.165) is 6.42 Å². The summed E-state index contributed by atoms with van der Waals surface area (Å²) in [5.74, 6) is -0.322. The Labute approximate surface area is 83.8 Å². The molecule has 2 N–H and O–H groups in total. The lowest BCUT2D eigenvalue weighted by Gasteiger charge is -2.03. The van der Waals surface area contributed by atoms with Gasteiger partial charge < -0.3 is 10.4 Å². The van der Waals surface area contributed by atoms with Crippen LogP contribution in [0.4, 0.5) is 0 Å². The highest BCUT2D eigenvalue weighted by molar-refractivity contribution is 5.76. The third-order valence-electron chi connectivity index (χ3n) is 2.00. The van der Waals surface area contributed by atoms with Crippen LogP contribution in [0.15, 0.2) is 24.3 Å². The molecule has 0 aliphatic rings. The molecule has 0 unspecified atom stereocenters. The number of amides is 1. The Morgan fingerprint density at radius 3 is 2.57 bits per heavy atom. The zero-order chi connectivity index (χ0) is 10.4. The van der Waals surface area contributed by atoms with Gasteiger partial charge in [-0.1, -0.05) is 29.8 Å². The number of aliphatic hydroxyl groups is 1. The molecule has 0 heterocycles. The summed E-state index contributed by atoms with van der Waals surface area (Å²) in [6.07, 6.45) is 0.798. The lowest BCUT2D eigenvalue weighted by Crippen LogP contribution is -2.28. The number of aryl methyl sites for hydroxylation is 1. The summed E-state index contributed by atoms with van der Waals surface area (Å²) in [6, 6.07) is 8.17. The molecule has 0 radical (unpaired) electrons. The summed E-state index contributed by atoms with van der Waals surface area (Å²) in [7, 11) is 0. The number of nitrogens with one attached hydrogen (secondary N) is 1. The number of carbonyl (C=O) groups is 1. The van der Waals surface area contributed by atoms with Gasteiger partial charge in [0.25, 0.3) is 0 Å². The van der Waals surface area contributed by atoms with E-state index in [4.69, 9.17) is 5.11 Å². The molecule has 1 amide bonds. The summed E-state index contributed by atoms with van der Waals surface area (Å²) < 4.78 is 0. The van der Waals surface area contributed by atoms with Gasteiger partial charge in [-0.05, 0) is 18.9 Å². The van der Waals surface area contributed by atoms with Crippen LogP contribution in [0, 0.1) is 6.92 Å². The molecule has 0 aromatic heterocycles. The van der Waals surface area contributed by atoms with Crippen LogP contribution in [0.3, 0.4) is 0 Å². The zero-order valence-corrected chi connectivity index (χ0v) is 8.29. The Hall–Kier alpha value is -1.35. The molecule has 0 saturated heterocycles. The monoisotopic (exact) mass is 193 g/mol. The standard InChI is InChI=1S/C11H15NO2/c1-9-2-4-10(5-3-9)6-7-12-11(14)8-13/h2-5,13H,6-8H2,1H3,(H,12,14). The van der Waals surface area contributed by atoms with Gasteiger partial charge in [-0.3, -0.25) is 4.79 Å². The second-order valence-electron chi connectivity index (χ2n) is 3.24.